The number of aryl methyl sites for hydroxylation is 2. The predicted octanol–water partition coefficient (Wildman–Crippen LogP) is 15.4. The second kappa shape index (κ2) is 14.1. The van der Waals surface area contributed by atoms with E-state index in [0.717, 1.165) is 35.6 Å². The van der Waals surface area contributed by atoms with Crippen LogP contribution in [0.25, 0.3) is 54.6 Å². The van der Waals surface area contributed by atoms with Gasteiger partial charge in [0.1, 0.15) is 0 Å². The van der Waals surface area contributed by atoms with Crippen LogP contribution in [-0.4, -0.2) is 0 Å². The summed E-state index contributed by atoms with van der Waals surface area (Å²) in [7, 11) is 0. The van der Waals surface area contributed by atoms with Crippen molar-refractivity contribution in [3.8, 4) is 22.3 Å². The van der Waals surface area contributed by atoms with Crippen LogP contribution in [0.1, 0.15) is 24.0 Å². The van der Waals surface area contributed by atoms with Crippen LogP contribution in [0, 0.1) is 13.8 Å². The van der Waals surface area contributed by atoms with Gasteiger partial charge in [0, 0.05) is 44.3 Å². The van der Waals surface area contributed by atoms with Gasteiger partial charge in [-0.25, -0.2) is 0 Å². The van der Waals surface area contributed by atoms with Gasteiger partial charge in [-0.05, 0) is 114 Å². The van der Waals surface area contributed by atoms with Crippen molar-refractivity contribution in [2.45, 2.75) is 26.7 Å². The van der Waals surface area contributed by atoms with Crippen molar-refractivity contribution in [2.24, 2.45) is 0 Å². The van der Waals surface area contributed by atoms with Crippen molar-refractivity contribution < 1.29 is 0 Å². The lowest BCUT2D eigenvalue weighted by Crippen LogP contribution is -2.17. The molecule has 0 saturated heterocycles. The molecule has 1 aliphatic rings. The van der Waals surface area contributed by atoms with Crippen LogP contribution in [0.2, 0.25) is 0 Å². The highest BCUT2D eigenvalue weighted by Gasteiger charge is 2.26. The van der Waals surface area contributed by atoms with Gasteiger partial charge >= 0.3 is 0 Å². The number of anilines is 5. The van der Waals surface area contributed by atoms with E-state index in [0.29, 0.717) is 0 Å². The first-order chi connectivity index (χ1) is 27.6. The van der Waals surface area contributed by atoms with Crippen LogP contribution in [-0.2, 0) is 0 Å². The third-order valence-electron chi connectivity index (χ3n) is 11.3. The molecule has 0 spiro atoms. The summed E-state index contributed by atoms with van der Waals surface area (Å²) in [6.45, 7) is 4.33. The molecule has 0 saturated carbocycles. The molecule has 2 heteroatoms. The van der Waals surface area contributed by atoms with Crippen LogP contribution in [0.5, 0.6) is 0 Å². The highest BCUT2D eigenvalue weighted by atomic mass is 15.2. The maximum atomic E-state index is 2.47. The summed E-state index contributed by atoms with van der Waals surface area (Å²) in [5, 5.41) is 7.52. The zero-order chi connectivity index (χ0) is 37.6. The first-order valence-electron chi connectivity index (χ1n) is 19.7. The highest BCUT2D eigenvalue weighted by Crippen LogP contribution is 2.51. The van der Waals surface area contributed by atoms with E-state index in [1.165, 1.54) is 77.1 Å². The van der Waals surface area contributed by atoms with Crippen molar-refractivity contribution in [1.29, 1.82) is 0 Å². The van der Waals surface area contributed by atoms with Gasteiger partial charge in [0.25, 0.3) is 0 Å². The Morgan fingerprint density at radius 3 is 1.23 bits per heavy atom. The van der Waals surface area contributed by atoms with Gasteiger partial charge in [-0.1, -0.05) is 151 Å². The van der Waals surface area contributed by atoms with Gasteiger partial charge < -0.3 is 9.80 Å². The molecule has 268 valence electrons. The molecule has 56 heavy (non-hydrogen) atoms. The Balaban J connectivity index is 1.38. The Kier molecular flexibility index (Phi) is 8.45. The molecule has 0 fully saturated rings. The lowest BCUT2D eigenvalue weighted by atomic mass is 9.85. The van der Waals surface area contributed by atoms with Gasteiger partial charge in [0.05, 0.1) is 11.4 Å². The number of hydrogen-bond acceptors (Lipinski definition) is 2. The molecular weight excluding hydrogens is 677 g/mol. The van der Waals surface area contributed by atoms with E-state index in [-0.39, 0.29) is 0 Å². The lowest BCUT2D eigenvalue weighted by Gasteiger charge is -2.31. The van der Waals surface area contributed by atoms with Gasteiger partial charge in [-0.3, -0.25) is 0 Å². The minimum atomic E-state index is 1.02. The van der Waals surface area contributed by atoms with Crippen LogP contribution < -0.4 is 9.80 Å². The summed E-state index contributed by atoms with van der Waals surface area (Å²) < 4.78 is 0. The molecule has 0 radical (unpaired) electrons. The van der Waals surface area contributed by atoms with E-state index < -0.39 is 0 Å². The minimum Gasteiger partial charge on any atom is -0.310 e. The maximum Gasteiger partial charge on any atom is 0.0546 e. The Bertz CT molecular complexity index is 2850. The molecular formula is C54H42N2. The fourth-order valence-corrected chi connectivity index (χ4v) is 8.62. The third kappa shape index (κ3) is 5.82. The molecule has 2 nitrogen and oxygen atoms in total. The second-order valence-electron chi connectivity index (χ2n) is 15.0. The maximum absolute atomic E-state index is 2.47. The topological polar surface area (TPSA) is 6.48 Å². The van der Waals surface area contributed by atoms with Crippen LogP contribution in [0.3, 0.4) is 0 Å². The Labute approximate surface area is 329 Å². The number of rotatable bonds is 8. The molecule has 9 aromatic carbocycles. The molecule has 0 heterocycles. The van der Waals surface area contributed by atoms with Crippen molar-refractivity contribution in [3.05, 3.63) is 211 Å². The summed E-state index contributed by atoms with van der Waals surface area (Å²) in [6, 6.07) is 64.9. The largest absolute Gasteiger partial charge is 0.310 e. The fourth-order valence-electron chi connectivity index (χ4n) is 8.62. The van der Waals surface area contributed by atoms with Crippen molar-refractivity contribution in [2.75, 3.05) is 9.80 Å². The number of allylic oxidation sites excluding steroid dienone is 3. The molecule has 0 aromatic heterocycles. The first-order valence-corrected chi connectivity index (χ1v) is 19.7. The average Bonchev–Trinajstić information content (AvgIpc) is 3.26. The minimum absolute atomic E-state index is 1.02. The molecule has 0 amide bonds. The van der Waals surface area contributed by atoms with E-state index in [9.17, 15) is 0 Å². The van der Waals surface area contributed by atoms with Gasteiger partial charge in [-0.15, -0.1) is 0 Å². The highest BCUT2D eigenvalue weighted by molar-refractivity contribution is 6.32. The zero-order valence-electron chi connectivity index (χ0n) is 31.8. The molecule has 1 aliphatic carbocycles. The van der Waals surface area contributed by atoms with E-state index >= 15 is 0 Å². The molecule has 0 bridgehead atoms. The number of nitrogens with zero attached hydrogens (tertiary/aromatic N) is 2. The standard InChI is InChI=1S/C54H42N2/c1-37-23-27-39(28-24-37)49-35-51(55(41-15-7-3-8-16-41)42-17-9-4-10-18-42)47-34-32-46-50(40-29-25-38(2)26-30-40)36-52(48-33-31-45(49)53(47)54(46)48)56(43-19-11-5-12-20-43)44-21-13-6-14-22-44/h3-5,7-13,15-36H,6,14H2,1-2H3. The molecule has 0 N–H and O–H groups in total. The van der Waals surface area contributed by atoms with Crippen molar-refractivity contribution in [1.82, 2.24) is 0 Å². The van der Waals surface area contributed by atoms with Crippen LogP contribution >= 0.6 is 0 Å². The molecule has 0 unspecified atom stereocenters. The monoisotopic (exact) mass is 718 g/mol. The van der Waals surface area contributed by atoms with Gasteiger partial charge in [-0.2, -0.15) is 0 Å². The predicted molar refractivity (Wildman–Crippen MR) is 240 cm³/mol. The number of para-hydroxylation sites is 3. The lowest BCUT2D eigenvalue weighted by molar-refractivity contribution is 0.998. The molecule has 0 atom stereocenters. The van der Waals surface area contributed by atoms with Crippen molar-refractivity contribution >= 4 is 60.8 Å². The Morgan fingerprint density at radius 1 is 0.393 bits per heavy atom. The summed E-state index contributed by atoms with van der Waals surface area (Å²) in [5.41, 5.74) is 14.3. The zero-order valence-corrected chi connectivity index (χ0v) is 31.8. The summed E-state index contributed by atoms with van der Waals surface area (Å²) in [5.74, 6) is 0. The molecule has 10 rings (SSSR count). The summed E-state index contributed by atoms with van der Waals surface area (Å²) >= 11 is 0. The fraction of sp³-hybridized carbons (Fsp3) is 0.0741. The number of benzene rings is 9. The van der Waals surface area contributed by atoms with E-state index in [2.05, 4.69) is 218 Å². The molecule has 0 aliphatic heterocycles. The number of hydrogen-bond donors (Lipinski definition) is 0. The van der Waals surface area contributed by atoms with Gasteiger partial charge in [0.15, 0.2) is 0 Å². The average molecular weight is 719 g/mol. The van der Waals surface area contributed by atoms with Crippen molar-refractivity contribution in [3.63, 3.8) is 0 Å². The quantitative estimate of drug-likeness (QED) is 0.144. The Hall–Kier alpha value is -6.90. The normalized spacial score (nSPS) is 12.7. The summed E-state index contributed by atoms with van der Waals surface area (Å²) in [4.78, 5) is 4.90. The SMILES string of the molecule is Cc1ccc(-c2cc(N(C3=CCCC=C3)c3ccccc3)c3ccc4c(-c5ccc(C)cc5)cc(N(c5ccccc5)c5ccccc5)c5ccc2c3c45)cc1. The van der Waals surface area contributed by atoms with Crippen LogP contribution in [0.4, 0.5) is 28.4 Å². The van der Waals surface area contributed by atoms with Gasteiger partial charge in [0.2, 0.25) is 0 Å². The van der Waals surface area contributed by atoms with E-state index in [1.54, 1.807) is 0 Å². The van der Waals surface area contributed by atoms with E-state index in [4.69, 9.17) is 0 Å². The smallest absolute Gasteiger partial charge is 0.0546 e. The third-order valence-corrected chi connectivity index (χ3v) is 11.3. The Morgan fingerprint density at radius 2 is 0.804 bits per heavy atom. The van der Waals surface area contributed by atoms with E-state index in [1.807, 2.05) is 0 Å². The summed E-state index contributed by atoms with van der Waals surface area (Å²) in [6.07, 6.45) is 9.07. The first kappa shape index (κ1) is 33.7. The molecule has 9 aromatic rings. The second-order valence-corrected chi connectivity index (χ2v) is 15.0. The van der Waals surface area contributed by atoms with Crippen LogP contribution in [0.15, 0.2) is 200 Å².